The van der Waals surface area contributed by atoms with Crippen molar-refractivity contribution in [3.8, 4) is 5.75 Å². The molecule has 0 bridgehead atoms. The van der Waals surface area contributed by atoms with Crippen LogP contribution < -0.4 is 15.0 Å². The second-order valence-corrected chi connectivity index (χ2v) is 7.43. The van der Waals surface area contributed by atoms with Gasteiger partial charge in [0.05, 0.1) is 24.6 Å². The van der Waals surface area contributed by atoms with Crippen molar-refractivity contribution >= 4 is 23.2 Å². The van der Waals surface area contributed by atoms with E-state index in [0.717, 1.165) is 0 Å². The summed E-state index contributed by atoms with van der Waals surface area (Å²) in [5, 5.41) is 2.86. The van der Waals surface area contributed by atoms with E-state index in [0.29, 0.717) is 49.7 Å². The molecule has 29 heavy (non-hydrogen) atoms. The molecule has 2 aromatic carbocycles. The molecule has 0 spiro atoms. The van der Waals surface area contributed by atoms with Gasteiger partial charge in [-0.15, -0.1) is 0 Å². The fourth-order valence-electron chi connectivity index (χ4n) is 3.80. The zero-order valence-electron chi connectivity index (χ0n) is 16.3. The molecular formula is C22H24FN3O3. The molecule has 1 N–H and O–H groups in total. The van der Waals surface area contributed by atoms with E-state index >= 15 is 0 Å². The van der Waals surface area contributed by atoms with Gasteiger partial charge >= 0.3 is 0 Å². The van der Waals surface area contributed by atoms with Gasteiger partial charge in [0.25, 0.3) is 0 Å². The average Bonchev–Trinajstić information content (AvgIpc) is 3.55. The summed E-state index contributed by atoms with van der Waals surface area (Å²) in [6.45, 7) is 2.24. The summed E-state index contributed by atoms with van der Waals surface area (Å²) in [7, 11) is 1.57. The number of rotatable bonds is 5. The van der Waals surface area contributed by atoms with Crippen LogP contribution in [0.1, 0.15) is 6.42 Å². The minimum Gasteiger partial charge on any atom is -0.497 e. The van der Waals surface area contributed by atoms with Crippen molar-refractivity contribution in [3.05, 3.63) is 54.3 Å². The van der Waals surface area contributed by atoms with Crippen LogP contribution in [0.2, 0.25) is 0 Å². The maximum absolute atomic E-state index is 14.0. The molecule has 7 heteroatoms. The van der Waals surface area contributed by atoms with Gasteiger partial charge in [0.1, 0.15) is 11.6 Å². The van der Waals surface area contributed by atoms with Gasteiger partial charge in [0.15, 0.2) is 0 Å². The lowest BCUT2D eigenvalue weighted by atomic mass is 10.2. The molecular weight excluding hydrogens is 373 g/mol. The monoisotopic (exact) mass is 397 g/mol. The average molecular weight is 397 g/mol. The van der Waals surface area contributed by atoms with Gasteiger partial charge < -0.3 is 19.9 Å². The lowest BCUT2D eigenvalue weighted by Gasteiger charge is -2.36. The highest BCUT2D eigenvalue weighted by atomic mass is 19.1. The van der Waals surface area contributed by atoms with E-state index in [2.05, 4.69) is 5.32 Å². The highest BCUT2D eigenvalue weighted by Gasteiger charge is 2.49. The number of halogens is 1. The fourth-order valence-corrected chi connectivity index (χ4v) is 3.80. The summed E-state index contributed by atoms with van der Waals surface area (Å²) < 4.78 is 19.1. The van der Waals surface area contributed by atoms with Crippen LogP contribution in [-0.4, -0.2) is 50.0 Å². The van der Waals surface area contributed by atoms with Gasteiger partial charge in [-0.2, -0.15) is 0 Å². The molecule has 4 rings (SSSR count). The molecule has 1 heterocycles. The molecule has 1 saturated carbocycles. The highest BCUT2D eigenvalue weighted by Crippen LogP contribution is 2.41. The van der Waals surface area contributed by atoms with Gasteiger partial charge in [0.2, 0.25) is 11.8 Å². The zero-order chi connectivity index (χ0) is 20.4. The van der Waals surface area contributed by atoms with Crippen LogP contribution in [-0.2, 0) is 9.59 Å². The van der Waals surface area contributed by atoms with E-state index in [-0.39, 0.29) is 29.5 Å². The minimum atomic E-state index is -0.293. The number of nitrogens with zero attached hydrogens (tertiary/aromatic N) is 2. The van der Waals surface area contributed by atoms with Crippen LogP contribution in [0, 0.1) is 17.7 Å². The first-order valence-electron chi connectivity index (χ1n) is 9.80. The first kappa shape index (κ1) is 19.2. The van der Waals surface area contributed by atoms with Crippen molar-refractivity contribution in [2.45, 2.75) is 6.42 Å². The lowest BCUT2D eigenvalue weighted by Crippen LogP contribution is -2.49. The predicted molar refractivity (Wildman–Crippen MR) is 108 cm³/mol. The van der Waals surface area contributed by atoms with Crippen molar-refractivity contribution in [1.29, 1.82) is 0 Å². The number of ether oxygens (including phenoxy) is 1. The van der Waals surface area contributed by atoms with Gasteiger partial charge in [-0.3, -0.25) is 9.59 Å². The Bertz CT molecular complexity index is 912. The maximum atomic E-state index is 14.0. The predicted octanol–water partition coefficient (Wildman–Crippen LogP) is 2.76. The number of amides is 2. The summed E-state index contributed by atoms with van der Waals surface area (Å²) in [6.07, 6.45) is 0.572. The minimum absolute atomic E-state index is 0.0176. The van der Waals surface area contributed by atoms with Crippen molar-refractivity contribution in [3.63, 3.8) is 0 Å². The molecule has 2 unspecified atom stereocenters. The number of methoxy groups -OCH3 is 1. The molecule has 2 aromatic rings. The Kier molecular flexibility index (Phi) is 5.38. The number of hydrogen-bond acceptors (Lipinski definition) is 4. The van der Waals surface area contributed by atoms with Gasteiger partial charge in [-0.1, -0.05) is 18.2 Å². The summed E-state index contributed by atoms with van der Waals surface area (Å²) in [6, 6.07) is 13.8. The molecule has 1 saturated heterocycles. The topological polar surface area (TPSA) is 61.9 Å². The van der Waals surface area contributed by atoms with Gasteiger partial charge in [-0.05, 0) is 30.7 Å². The number of nitrogens with one attached hydrogen (secondary N) is 1. The first-order valence-corrected chi connectivity index (χ1v) is 9.80. The van der Waals surface area contributed by atoms with Crippen LogP contribution in [0.15, 0.2) is 48.5 Å². The summed E-state index contributed by atoms with van der Waals surface area (Å²) in [4.78, 5) is 29.0. The quantitative estimate of drug-likeness (QED) is 0.843. The second kappa shape index (κ2) is 8.11. The van der Waals surface area contributed by atoms with Crippen molar-refractivity contribution in [1.82, 2.24) is 4.90 Å². The Balaban J connectivity index is 1.29. The number of carbonyl (C=O) groups is 2. The molecule has 1 aliphatic heterocycles. The molecule has 2 atom stereocenters. The largest absolute Gasteiger partial charge is 0.497 e. The standard InChI is InChI=1S/C22H24FN3O3/c1-29-16-6-4-5-15(13-16)24-21(27)17-14-18(17)22(28)26-11-9-25(10-12-26)20-8-3-2-7-19(20)23/h2-8,13,17-18H,9-12,14H2,1H3,(H,24,27). The number of benzene rings is 2. The molecule has 0 radical (unpaired) electrons. The zero-order valence-corrected chi connectivity index (χ0v) is 16.3. The van der Waals surface area contributed by atoms with Crippen molar-refractivity contribution < 1.29 is 18.7 Å². The van der Waals surface area contributed by atoms with Crippen LogP contribution in [0.4, 0.5) is 15.8 Å². The van der Waals surface area contributed by atoms with E-state index in [9.17, 15) is 14.0 Å². The molecule has 2 aliphatic rings. The van der Waals surface area contributed by atoms with Gasteiger partial charge in [0, 0.05) is 37.9 Å². The Morgan fingerprint density at radius 1 is 1.03 bits per heavy atom. The second-order valence-electron chi connectivity index (χ2n) is 7.43. The van der Waals surface area contributed by atoms with E-state index in [1.807, 2.05) is 11.0 Å². The Morgan fingerprint density at radius 3 is 2.52 bits per heavy atom. The number of para-hydroxylation sites is 1. The number of hydrogen-bond donors (Lipinski definition) is 1. The third kappa shape index (κ3) is 4.18. The van der Waals surface area contributed by atoms with Crippen molar-refractivity contribution in [2.24, 2.45) is 11.8 Å². The van der Waals surface area contributed by atoms with E-state index in [1.165, 1.54) is 6.07 Å². The molecule has 152 valence electrons. The molecule has 1 aliphatic carbocycles. The van der Waals surface area contributed by atoms with Crippen LogP contribution in [0.3, 0.4) is 0 Å². The third-order valence-electron chi connectivity index (χ3n) is 5.57. The number of piperazine rings is 1. The Morgan fingerprint density at radius 2 is 1.79 bits per heavy atom. The molecule has 6 nitrogen and oxygen atoms in total. The number of anilines is 2. The maximum Gasteiger partial charge on any atom is 0.228 e. The highest BCUT2D eigenvalue weighted by molar-refractivity contribution is 5.99. The van der Waals surface area contributed by atoms with Crippen LogP contribution >= 0.6 is 0 Å². The van der Waals surface area contributed by atoms with E-state index < -0.39 is 0 Å². The third-order valence-corrected chi connectivity index (χ3v) is 5.57. The van der Waals surface area contributed by atoms with Crippen LogP contribution in [0.25, 0.3) is 0 Å². The summed E-state index contributed by atoms with van der Waals surface area (Å²) in [5.41, 5.74) is 1.23. The lowest BCUT2D eigenvalue weighted by molar-refractivity contribution is -0.134. The smallest absolute Gasteiger partial charge is 0.228 e. The summed E-state index contributed by atoms with van der Waals surface area (Å²) >= 11 is 0. The normalized spacial score (nSPS) is 20.9. The number of carbonyl (C=O) groups excluding carboxylic acids is 2. The SMILES string of the molecule is COc1cccc(NC(=O)C2CC2C(=O)N2CCN(c3ccccc3F)CC2)c1. The molecule has 0 aromatic heterocycles. The van der Waals surface area contributed by atoms with Crippen molar-refractivity contribution in [2.75, 3.05) is 43.5 Å². The van der Waals surface area contributed by atoms with E-state index in [1.54, 1.807) is 48.4 Å². The first-order chi connectivity index (χ1) is 14.1. The Labute approximate surface area is 169 Å². The van der Waals surface area contributed by atoms with Crippen LogP contribution in [0.5, 0.6) is 5.75 Å². The Hall–Kier alpha value is -3.09. The fraction of sp³-hybridized carbons (Fsp3) is 0.364. The summed E-state index contributed by atoms with van der Waals surface area (Å²) in [5.74, 6) is -0.257. The molecule has 2 amide bonds. The van der Waals surface area contributed by atoms with Gasteiger partial charge in [-0.25, -0.2) is 4.39 Å². The van der Waals surface area contributed by atoms with E-state index in [4.69, 9.17) is 4.74 Å². The molecule has 2 fully saturated rings.